The Balaban J connectivity index is 2.20. The summed E-state index contributed by atoms with van der Waals surface area (Å²) in [4.78, 5) is 35.1. The number of hydrogen-bond acceptors (Lipinski definition) is 8. The molecule has 1 aliphatic rings. The molecular weight excluding hydrogens is 320 g/mol. The molecule has 0 bridgehead atoms. The summed E-state index contributed by atoms with van der Waals surface area (Å²) in [5, 5.41) is 34.1. The number of aliphatic hydroxyl groups is 2. The van der Waals surface area contributed by atoms with Crippen molar-refractivity contribution in [3.63, 3.8) is 0 Å². The molecule has 0 aliphatic carbocycles. The van der Waals surface area contributed by atoms with Crippen molar-refractivity contribution in [3.8, 4) is 0 Å². The molecule has 128 valence electrons. The highest BCUT2D eigenvalue weighted by Crippen LogP contribution is 2.29. The lowest BCUT2D eigenvalue weighted by Crippen LogP contribution is -2.34. The van der Waals surface area contributed by atoms with Gasteiger partial charge in [0, 0.05) is 24.4 Å². The van der Waals surface area contributed by atoms with E-state index in [0.29, 0.717) is 0 Å². The molecule has 0 atom stereocenters. The summed E-state index contributed by atoms with van der Waals surface area (Å²) in [6.45, 7) is -0.498. The summed E-state index contributed by atoms with van der Waals surface area (Å²) in [6.07, 6.45) is 1.07. The maximum atomic E-state index is 12.0. The van der Waals surface area contributed by atoms with Crippen molar-refractivity contribution in [2.45, 2.75) is 0 Å². The molecule has 4 N–H and O–H groups in total. The predicted octanol–water partition coefficient (Wildman–Crippen LogP) is -0.344. The molecule has 1 aromatic rings. The van der Waals surface area contributed by atoms with E-state index >= 15 is 0 Å². The highest BCUT2D eigenvalue weighted by Gasteiger charge is 2.30. The van der Waals surface area contributed by atoms with E-state index in [1.165, 1.54) is 18.2 Å². The molecule has 0 saturated heterocycles. The molecule has 0 fully saturated rings. The van der Waals surface area contributed by atoms with Gasteiger partial charge < -0.3 is 20.8 Å². The summed E-state index contributed by atoms with van der Waals surface area (Å²) < 4.78 is 0. The number of nitro groups is 1. The van der Waals surface area contributed by atoms with E-state index in [2.05, 4.69) is 10.6 Å². The number of carbonyl (C=O) groups excluding carboxylic acids is 2. The first-order valence-corrected chi connectivity index (χ1v) is 7.06. The van der Waals surface area contributed by atoms with Crippen LogP contribution in [0.15, 0.2) is 30.0 Å². The first kappa shape index (κ1) is 17.4. The number of carbonyl (C=O) groups is 2. The largest absolute Gasteiger partial charge is 0.395 e. The molecular formula is C14H16N4O6. The molecule has 1 heterocycles. The third kappa shape index (κ3) is 3.67. The van der Waals surface area contributed by atoms with Crippen molar-refractivity contribution in [2.75, 3.05) is 36.9 Å². The lowest BCUT2D eigenvalue weighted by Gasteiger charge is -2.13. The standard InChI is InChI=1S/C14H16N4O6/c19-5-3-15-10-2-1-9(7-12(10)18(23)24)16-11-8-13(21)17(4-6-20)14(11)22/h1-2,7-8,15-16,19-20H,3-6H2. The summed E-state index contributed by atoms with van der Waals surface area (Å²) in [6, 6.07) is 4.15. The third-order valence-corrected chi connectivity index (χ3v) is 3.23. The Hall–Kier alpha value is -2.98. The molecule has 10 heteroatoms. The number of hydrogen-bond donors (Lipinski definition) is 4. The van der Waals surface area contributed by atoms with Gasteiger partial charge >= 0.3 is 0 Å². The van der Waals surface area contributed by atoms with Crippen molar-refractivity contribution < 1.29 is 24.7 Å². The number of anilines is 2. The number of β-amino-alcohol motifs (C(OH)–C–C–N with tert-alkyl or cyclic N) is 1. The highest BCUT2D eigenvalue weighted by molar-refractivity contribution is 6.17. The van der Waals surface area contributed by atoms with Gasteiger partial charge in [0.1, 0.15) is 11.4 Å². The van der Waals surface area contributed by atoms with Gasteiger partial charge in [-0.3, -0.25) is 24.6 Å². The average Bonchev–Trinajstić information content (AvgIpc) is 2.81. The number of nitrogens with one attached hydrogen (secondary N) is 2. The quantitative estimate of drug-likeness (QED) is 0.286. The van der Waals surface area contributed by atoms with Crippen LogP contribution in [0.1, 0.15) is 0 Å². The number of aliphatic hydroxyl groups excluding tert-OH is 2. The van der Waals surface area contributed by atoms with Gasteiger partial charge in [0.05, 0.1) is 24.7 Å². The van der Waals surface area contributed by atoms with Gasteiger partial charge in [0.15, 0.2) is 0 Å². The maximum Gasteiger partial charge on any atom is 0.294 e. The monoisotopic (exact) mass is 336 g/mol. The smallest absolute Gasteiger partial charge is 0.294 e. The van der Waals surface area contributed by atoms with Crippen LogP contribution in [0, 0.1) is 10.1 Å². The Morgan fingerprint density at radius 2 is 1.96 bits per heavy atom. The predicted molar refractivity (Wildman–Crippen MR) is 84.2 cm³/mol. The Morgan fingerprint density at radius 3 is 2.58 bits per heavy atom. The Labute approximate surface area is 136 Å². The number of imide groups is 1. The minimum Gasteiger partial charge on any atom is -0.395 e. The molecule has 0 aromatic heterocycles. The summed E-state index contributed by atoms with van der Waals surface area (Å²) in [7, 11) is 0. The molecule has 0 spiro atoms. The van der Waals surface area contributed by atoms with Gasteiger partial charge in [0.25, 0.3) is 17.5 Å². The summed E-state index contributed by atoms with van der Waals surface area (Å²) in [5.41, 5.74) is 0.218. The van der Waals surface area contributed by atoms with Gasteiger partial charge in [-0.1, -0.05) is 0 Å². The SMILES string of the molecule is O=C1C=C(Nc2ccc(NCCO)c([N+](=O)[O-])c2)C(=O)N1CCO. The van der Waals surface area contributed by atoms with E-state index in [9.17, 15) is 19.7 Å². The molecule has 2 amide bonds. The first-order valence-electron chi connectivity index (χ1n) is 7.06. The lowest BCUT2D eigenvalue weighted by molar-refractivity contribution is -0.383. The molecule has 0 radical (unpaired) electrons. The first-order chi connectivity index (χ1) is 11.5. The zero-order valence-corrected chi connectivity index (χ0v) is 12.6. The molecule has 2 rings (SSSR count). The lowest BCUT2D eigenvalue weighted by atomic mass is 10.2. The molecule has 10 nitrogen and oxygen atoms in total. The van der Waals surface area contributed by atoms with Crippen molar-refractivity contribution in [3.05, 3.63) is 40.1 Å². The minimum absolute atomic E-state index is 0.0289. The molecule has 24 heavy (non-hydrogen) atoms. The Morgan fingerprint density at radius 1 is 1.21 bits per heavy atom. The Bertz CT molecular complexity index is 703. The second-order valence-electron chi connectivity index (χ2n) is 4.84. The second-order valence-corrected chi connectivity index (χ2v) is 4.84. The molecule has 1 aliphatic heterocycles. The van der Waals surface area contributed by atoms with Crippen molar-refractivity contribution in [1.82, 2.24) is 4.90 Å². The van der Waals surface area contributed by atoms with Gasteiger partial charge in [-0.2, -0.15) is 0 Å². The van der Waals surface area contributed by atoms with E-state index in [0.717, 1.165) is 11.0 Å². The minimum atomic E-state index is -0.612. The van der Waals surface area contributed by atoms with Gasteiger partial charge in [0.2, 0.25) is 0 Å². The normalized spacial score (nSPS) is 13.9. The molecule has 1 aromatic carbocycles. The fraction of sp³-hybridized carbons (Fsp3) is 0.286. The number of benzene rings is 1. The zero-order valence-electron chi connectivity index (χ0n) is 12.6. The van der Waals surface area contributed by atoms with Crippen LogP contribution in [-0.4, -0.2) is 58.2 Å². The van der Waals surface area contributed by atoms with Crippen LogP contribution in [0.2, 0.25) is 0 Å². The van der Waals surface area contributed by atoms with Crippen LogP contribution in [0.3, 0.4) is 0 Å². The summed E-state index contributed by atoms with van der Waals surface area (Å²) >= 11 is 0. The van der Waals surface area contributed by atoms with Crippen LogP contribution in [0.4, 0.5) is 17.1 Å². The maximum absolute atomic E-state index is 12.0. The number of rotatable bonds is 8. The average molecular weight is 336 g/mol. The van der Waals surface area contributed by atoms with E-state index in [1.54, 1.807) is 0 Å². The van der Waals surface area contributed by atoms with Gasteiger partial charge in [-0.15, -0.1) is 0 Å². The fourth-order valence-corrected chi connectivity index (χ4v) is 2.17. The van der Waals surface area contributed by atoms with E-state index < -0.39 is 16.7 Å². The number of amides is 2. The van der Waals surface area contributed by atoms with Gasteiger partial charge in [-0.25, -0.2) is 0 Å². The molecule has 0 unspecified atom stereocenters. The number of nitrogens with zero attached hydrogens (tertiary/aromatic N) is 2. The van der Waals surface area contributed by atoms with E-state index in [1.807, 2.05) is 0 Å². The third-order valence-electron chi connectivity index (χ3n) is 3.23. The Kier molecular flexibility index (Phi) is 5.45. The molecule has 0 saturated carbocycles. The van der Waals surface area contributed by atoms with Crippen molar-refractivity contribution in [1.29, 1.82) is 0 Å². The fourth-order valence-electron chi connectivity index (χ4n) is 2.17. The van der Waals surface area contributed by atoms with Crippen LogP contribution in [-0.2, 0) is 9.59 Å². The van der Waals surface area contributed by atoms with E-state index in [-0.39, 0.29) is 49.1 Å². The second kappa shape index (κ2) is 7.53. The van der Waals surface area contributed by atoms with Crippen molar-refractivity contribution >= 4 is 28.9 Å². The van der Waals surface area contributed by atoms with E-state index in [4.69, 9.17) is 10.2 Å². The highest BCUT2D eigenvalue weighted by atomic mass is 16.6. The topological polar surface area (TPSA) is 145 Å². The number of nitro benzene ring substituents is 1. The van der Waals surface area contributed by atoms with Crippen LogP contribution >= 0.6 is 0 Å². The van der Waals surface area contributed by atoms with Crippen LogP contribution in [0.5, 0.6) is 0 Å². The van der Waals surface area contributed by atoms with Crippen LogP contribution in [0.25, 0.3) is 0 Å². The van der Waals surface area contributed by atoms with Crippen molar-refractivity contribution in [2.24, 2.45) is 0 Å². The van der Waals surface area contributed by atoms with Gasteiger partial charge in [-0.05, 0) is 12.1 Å². The summed E-state index contributed by atoms with van der Waals surface area (Å²) in [5.74, 6) is -1.17. The van der Waals surface area contributed by atoms with Crippen LogP contribution < -0.4 is 10.6 Å². The zero-order chi connectivity index (χ0) is 17.7.